The first-order chi connectivity index (χ1) is 12.7. The van der Waals surface area contributed by atoms with Gasteiger partial charge in [0.25, 0.3) is 5.56 Å². The van der Waals surface area contributed by atoms with Gasteiger partial charge < -0.3 is 15.3 Å². The second kappa shape index (κ2) is 8.05. The Bertz CT molecular complexity index is 1030. The Balaban J connectivity index is 0.000000194. The van der Waals surface area contributed by atoms with Gasteiger partial charge in [-0.15, -0.1) is 0 Å². The van der Waals surface area contributed by atoms with Crippen LogP contribution in [0.25, 0.3) is 5.69 Å². The number of carboxylic acids is 2. The van der Waals surface area contributed by atoms with Crippen molar-refractivity contribution in [3.63, 3.8) is 0 Å². The second-order valence-corrected chi connectivity index (χ2v) is 5.64. The van der Waals surface area contributed by atoms with E-state index in [4.69, 9.17) is 15.3 Å². The second-order valence-electron chi connectivity index (χ2n) is 5.64. The van der Waals surface area contributed by atoms with Crippen molar-refractivity contribution in [3.8, 4) is 11.4 Å². The normalized spacial score (nSPS) is 10.0. The van der Waals surface area contributed by atoms with Gasteiger partial charge in [-0.1, -0.05) is 18.2 Å². The Morgan fingerprint density at radius 2 is 1.56 bits per heavy atom. The molecule has 3 aromatic rings. The van der Waals surface area contributed by atoms with Crippen molar-refractivity contribution < 1.29 is 24.9 Å². The van der Waals surface area contributed by atoms with Gasteiger partial charge in [0, 0.05) is 18.8 Å². The summed E-state index contributed by atoms with van der Waals surface area (Å²) in [7, 11) is 1.88. The van der Waals surface area contributed by atoms with Crippen LogP contribution in [0.3, 0.4) is 0 Å². The fourth-order valence-corrected chi connectivity index (χ4v) is 2.35. The average molecular weight is 370 g/mol. The monoisotopic (exact) mass is 370 g/mol. The number of aromatic nitrogens is 2. The van der Waals surface area contributed by atoms with Crippen molar-refractivity contribution in [3.05, 3.63) is 81.8 Å². The smallest absolute Gasteiger partial charge is 0.339 e. The molecule has 0 aliphatic rings. The Morgan fingerprint density at radius 3 is 2.04 bits per heavy atom. The van der Waals surface area contributed by atoms with Crippen LogP contribution in [0, 0.1) is 6.92 Å². The van der Waals surface area contributed by atoms with E-state index in [-0.39, 0.29) is 11.1 Å². The molecule has 0 saturated heterocycles. The molecule has 3 N–H and O–H groups in total. The molecule has 0 atom stereocenters. The van der Waals surface area contributed by atoms with Gasteiger partial charge >= 0.3 is 11.9 Å². The third-order valence-corrected chi connectivity index (χ3v) is 3.83. The van der Waals surface area contributed by atoms with Gasteiger partial charge in [0.1, 0.15) is 11.3 Å². The van der Waals surface area contributed by atoms with Crippen molar-refractivity contribution in [2.75, 3.05) is 0 Å². The molecule has 0 aliphatic carbocycles. The molecule has 140 valence electrons. The number of rotatable bonds is 3. The number of aromatic carboxylic acids is 2. The predicted octanol–water partition coefficient (Wildman–Crippen LogP) is 2.27. The molecule has 0 amide bonds. The number of hydrogen-bond donors (Lipinski definition) is 3. The van der Waals surface area contributed by atoms with Crippen LogP contribution < -0.4 is 5.56 Å². The fourth-order valence-electron chi connectivity index (χ4n) is 2.35. The minimum Gasteiger partial charge on any atom is -0.507 e. The van der Waals surface area contributed by atoms with Gasteiger partial charge in [-0.25, -0.2) is 14.3 Å². The lowest BCUT2D eigenvalue weighted by atomic mass is 10.1. The molecule has 0 saturated carbocycles. The summed E-state index contributed by atoms with van der Waals surface area (Å²) in [5, 5.41) is 26.0. The van der Waals surface area contributed by atoms with E-state index < -0.39 is 23.3 Å². The Morgan fingerprint density at radius 1 is 0.926 bits per heavy atom. The summed E-state index contributed by atoms with van der Waals surface area (Å²) in [5.74, 6) is -3.04. The number of para-hydroxylation sites is 1. The van der Waals surface area contributed by atoms with Gasteiger partial charge in [-0.05, 0) is 37.3 Å². The molecule has 0 radical (unpaired) electrons. The van der Waals surface area contributed by atoms with Crippen LogP contribution >= 0.6 is 0 Å². The van der Waals surface area contributed by atoms with E-state index in [9.17, 15) is 14.4 Å². The van der Waals surface area contributed by atoms with E-state index >= 15 is 0 Å². The standard InChI is InChI=1S/C11H12N2O.C8H6O5/c1-9-8-11(14)13(12(9)2)10-6-4-3-5-7-10;9-6-2-1-4(7(10)11)3-5(6)8(12)13/h3-8H,1-2H3;1-3,9H,(H,10,11)(H,12,13). The van der Waals surface area contributed by atoms with Crippen LogP contribution in [0.2, 0.25) is 0 Å². The Hall–Kier alpha value is -3.81. The summed E-state index contributed by atoms with van der Waals surface area (Å²) in [6.45, 7) is 1.92. The summed E-state index contributed by atoms with van der Waals surface area (Å²) in [6, 6.07) is 14.3. The largest absolute Gasteiger partial charge is 0.507 e. The van der Waals surface area contributed by atoms with E-state index in [1.807, 2.05) is 49.0 Å². The molecular formula is C19H18N2O6. The molecule has 27 heavy (non-hydrogen) atoms. The molecule has 2 aromatic carbocycles. The van der Waals surface area contributed by atoms with Crippen molar-refractivity contribution in [1.82, 2.24) is 9.36 Å². The summed E-state index contributed by atoms with van der Waals surface area (Å²) >= 11 is 0. The van der Waals surface area contributed by atoms with Crippen LogP contribution in [0.1, 0.15) is 26.4 Å². The zero-order valence-corrected chi connectivity index (χ0v) is 14.7. The van der Waals surface area contributed by atoms with Crippen LogP contribution in [-0.4, -0.2) is 36.6 Å². The van der Waals surface area contributed by atoms with Gasteiger partial charge in [-0.3, -0.25) is 9.48 Å². The molecule has 0 aliphatic heterocycles. The maximum Gasteiger partial charge on any atom is 0.339 e. The predicted molar refractivity (Wildman–Crippen MR) is 97.8 cm³/mol. The van der Waals surface area contributed by atoms with Crippen LogP contribution in [0.15, 0.2) is 59.4 Å². The first-order valence-corrected chi connectivity index (χ1v) is 7.83. The van der Waals surface area contributed by atoms with E-state index in [2.05, 4.69) is 0 Å². The minimum absolute atomic E-state index is 0.0104. The molecule has 0 fully saturated rings. The molecule has 8 nitrogen and oxygen atoms in total. The maximum atomic E-state index is 11.6. The summed E-state index contributed by atoms with van der Waals surface area (Å²) < 4.78 is 3.49. The highest BCUT2D eigenvalue weighted by molar-refractivity contribution is 5.95. The number of carbonyl (C=O) groups is 2. The fraction of sp³-hybridized carbons (Fsp3) is 0.105. The quantitative estimate of drug-likeness (QED) is 0.650. The number of phenols is 1. The number of aromatic hydroxyl groups is 1. The molecule has 8 heteroatoms. The Labute approximate surface area is 154 Å². The van der Waals surface area contributed by atoms with Crippen molar-refractivity contribution in [2.45, 2.75) is 6.92 Å². The van der Waals surface area contributed by atoms with Crippen LogP contribution in [-0.2, 0) is 7.05 Å². The lowest BCUT2D eigenvalue weighted by molar-refractivity contribution is 0.0693. The summed E-state index contributed by atoms with van der Waals surface area (Å²) in [4.78, 5) is 32.5. The zero-order chi connectivity index (χ0) is 20.1. The highest BCUT2D eigenvalue weighted by Crippen LogP contribution is 2.18. The molecule has 0 unspecified atom stereocenters. The van der Waals surface area contributed by atoms with Crippen LogP contribution in [0.4, 0.5) is 0 Å². The topological polar surface area (TPSA) is 122 Å². The van der Waals surface area contributed by atoms with Gasteiger partial charge in [0.15, 0.2) is 0 Å². The number of carboxylic acid groups (broad SMARTS) is 2. The molecular weight excluding hydrogens is 352 g/mol. The first kappa shape index (κ1) is 19.5. The summed E-state index contributed by atoms with van der Waals surface area (Å²) in [5.41, 5.74) is 1.28. The molecule has 0 bridgehead atoms. The minimum atomic E-state index is -1.36. The maximum absolute atomic E-state index is 11.6. The summed E-state index contributed by atoms with van der Waals surface area (Å²) in [6.07, 6.45) is 0. The van der Waals surface area contributed by atoms with Gasteiger partial charge in [0.05, 0.1) is 11.3 Å². The lowest BCUT2D eigenvalue weighted by Gasteiger charge is -2.07. The average Bonchev–Trinajstić information content (AvgIpc) is 2.88. The highest BCUT2D eigenvalue weighted by atomic mass is 16.4. The van der Waals surface area contributed by atoms with Crippen molar-refractivity contribution in [1.29, 1.82) is 0 Å². The highest BCUT2D eigenvalue weighted by Gasteiger charge is 2.12. The van der Waals surface area contributed by atoms with E-state index in [0.29, 0.717) is 0 Å². The van der Waals surface area contributed by atoms with E-state index in [1.54, 1.807) is 10.7 Å². The molecule has 3 rings (SSSR count). The zero-order valence-electron chi connectivity index (χ0n) is 14.7. The molecule has 0 spiro atoms. The van der Waals surface area contributed by atoms with E-state index in [0.717, 1.165) is 29.6 Å². The Kier molecular flexibility index (Phi) is 5.82. The number of nitrogens with zero attached hydrogens (tertiary/aromatic N) is 2. The number of aryl methyl sites for hydroxylation is 1. The first-order valence-electron chi connectivity index (χ1n) is 7.83. The third-order valence-electron chi connectivity index (χ3n) is 3.83. The van der Waals surface area contributed by atoms with Gasteiger partial charge in [-0.2, -0.15) is 0 Å². The lowest BCUT2D eigenvalue weighted by Crippen LogP contribution is -2.18. The van der Waals surface area contributed by atoms with Crippen molar-refractivity contribution >= 4 is 11.9 Å². The molecule has 1 aromatic heterocycles. The van der Waals surface area contributed by atoms with Crippen LogP contribution in [0.5, 0.6) is 5.75 Å². The van der Waals surface area contributed by atoms with E-state index in [1.165, 1.54) is 0 Å². The van der Waals surface area contributed by atoms with Crippen molar-refractivity contribution in [2.24, 2.45) is 7.05 Å². The molecule has 1 heterocycles. The number of benzene rings is 2. The third kappa shape index (κ3) is 4.43. The van der Waals surface area contributed by atoms with Gasteiger partial charge in [0.2, 0.25) is 0 Å². The SMILES string of the molecule is Cc1cc(=O)n(-c2ccccc2)n1C.O=C(O)c1ccc(O)c(C(=O)O)c1. The number of hydrogen-bond acceptors (Lipinski definition) is 4.